The zero-order valence-corrected chi connectivity index (χ0v) is 18.2. The van der Waals surface area contributed by atoms with Crippen LogP contribution >= 0.6 is 0 Å². The number of pyridine rings is 1. The average Bonchev–Trinajstić information content (AvgIpc) is 2.86. The number of fused-ring (bicyclic) bond motifs is 1. The minimum Gasteiger partial charge on any atom is -0.493 e. The molecule has 1 aliphatic heterocycles. The first-order chi connectivity index (χ1) is 14.2. The monoisotopic (exact) mass is 413 g/mol. The summed E-state index contributed by atoms with van der Waals surface area (Å²) in [6.07, 6.45) is 3.85. The second-order valence-electron chi connectivity index (χ2n) is 7.39. The molecule has 0 aliphatic carbocycles. The molecule has 0 spiro atoms. The number of carbonyl (C=O) groups is 1. The summed E-state index contributed by atoms with van der Waals surface area (Å²) < 4.78 is 27.9. The van der Waals surface area contributed by atoms with Gasteiger partial charge in [-0.2, -0.15) is 0 Å². The van der Waals surface area contributed by atoms with Crippen LogP contribution in [0.2, 0.25) is 0 Å². The van der Waals surface area contributed by atoms with E-state index in [0.29, 0.717) is 22.9 Å². The third kappa shape index (κ3) is 4.80. The summed E-state index contributed by atoms with van der Waals surface area (Å²) in [6, 6.07) is 5.66. The van der Waals surface area contributed by atoms with Gasteiger partial charge in [-0.05, 0) is 44.5 Å². The Morgan fingerprint density at radius 2 is 1.73 bits per heavy atom. The fraction of sp³-hybridized carbons (Fsp3) is 0.391. The van der Waals surface area contributed by atoms with Crippen LogP contribution in [0.4, 0.5) is 0 Å². The number of rotatable bonds is 5. The van der Waals surface area contributed by atoms with Gasteiger partial charge in [0.1, 0.15) is 0 Å². The number of nitrogens with zero attached hydrogens (tertiary/aromatic N) is 1. The van der Waals surface area contributed by atoms with Crippen LogP contribution in [-0.2, 0) is 27.5 Å². The Bertz CT molecular complexity index is 980. The van der Waals surface area contributed by atoms with Gasteiger partial charge >= 0.3 is 5.97 Å². The number of hydrogen-bond acceptors (Lipinski definition) is 7. The lowest BCUT2D eigenvalue weighted by atomic mass is 10.0. The quantitative estimate of drug-likeness (QED) is 0.677. The van der Waals surface area contributed by atoms with Crippen molar-refractivity contribution in [3.63, 3.8) is 0 Å². The smallest absolute Gasteiger partial charge is 0.308 e. The molecule has 0 bridgehead atoms. The normalized spacial score (nSPS) is 15.4. The molecule has 0 fully saturated rings. The van der Waals surface area contributed by atoms with Crippen molar-refractivity contribution in [2.24, 2.45) is 0 Å². The van der Waals surface area contributed by atoms with Crippen molar-refractivity contribution in [2.45, 2.75) is 46.7 Å². The highest BCUT2D eigenvalue weighted by atomic mass is 16.7. The number of carbonyl (C=O) groups excluding carboxylic acids is 1. The second-order valence-corrected chi connectivity index (χ2v) is 7.39. The fourth-order valence-electron chi connectivity index (χ4n) is 3.20. The maximum absolute atomic E-state index is 11.6. The zero-order valence-electron chi connectivity index (χ0n) is 18.2. The molecule has 7 nitrogen and oxygen atoms in total. The van der Waals surface area contributed by atoms with Gasteiger partial charge in [0.05, 0.1) is 38.8 Å². The molecule has 1 aromatic heterocycles. The van der Waals surface area contributed by atoms with Gasteiger partial charge in [0.25, 0.3) is 0 Å². The topological polar surface area (TPSA) is 76.1 Å². The van der Waals surface area contributed by atoms with Crippen LogP contribution in [0.15, 0.2) is 18.2 Å². The summed E-state index contributed by atoms with van der Waals surface area (Å²) >= 11 is 0. The number of esters is 1. The molecule has 0 N–H and O–H groups in total. The second kappa shape index (κ2) is 8.85. The third-order valence-electron chi connectivity index (χ3n) is 4.78. The molecule has 160 valence electrons. The number of methoxy groups -OCH3 is 2. The molecular weight excluding hydrogens is 386 g/mol. The van der Waals surface area contributed by atoms with Crippen LogP contribution in [-0.4, -0.2) is 31.0 Å². The molecule has 1 aromatic carbocycles. The predicted octanol–water partition coefficient (Wildman–Crippen LogP) is 4.29. The summed E-state index contributed by atoms with van der Waals surface area (Å²) in [5.41, 5.74) is 3.87. The van der Waals surface area contributed by atoms with Crippen molar-refractivity contribution in [1.82, 2.24) is 4.98 Å². The molecule has 1 aliphatic rings. The van der Waals surface area contributed by atoms with Gasteiger partial charge in [0, 0.05) is 18.1 Å². The van der Waals surface area contributed by atoms with Crippen LogP contribution in [0.25, 0.3) is 12.2 Å². The maximum Gasteiger partial charge on any atom is 0.308 e. The van der Waals surface area contributed by atoms with Crippen LogP contribution < -0.4 is 14.2 Å². The Labute approximate surface area is 176 Å². The highest BCUT2D eigenvalue weighted by molar-refractivity contribution is 5.74. The predicted molar refractivity (Wildman–Crippen MR) is 112 cm³/mol. The van der Waals surface area contributed by atoms with Gasteiger partial charge in [-0.1, -0.05) is 12.1 Å². The Hall–Kier alpha value is -2.90. The highest BCUT2D eigenvalue weighted by Gasteiger charge is 2.29. The number of hydrogen-bond donors (Lipinski definition) is 0. The minimum absolute atomic E-state index is 0.255. The molecule has 0 atom stereocenters. The van der Waals surface area contributed by atoms with Crippen molar-refractivity contribution < 1.29 is 28.5 Å². The van der Waals surface area contributed by atoms with E-state index in [4.69, 9.17) is 23.7 Å². The summed E-state index contributed by atoms with van der Waals surface area (Å²) in [6.45, 7) is 7.42. The van der Waals surface area contributed by atoms with Crippen LogP contribution in [0.3, 0.4) is 0 Å². The molecule has 2 aromatic rings. The van der Waals surface area contributed by atoms with Crippen molar-refractivity contribution in [3.05, 3.63) is 46.3 Å². The highest BCUT2D eigenvalue weighted by Crippen LogP contribution is 2.35. The summed E-state index contributed by atoms with van der Waals surface area (Å²) in [5, 5.41) is 0. The molecule has 0 unspecified atom stereocenters. The van der Waals surface area contributed by atoms with E-state index in [1.54, 1.807) is 14.2 Å². The SMILES string of the molecule is COc1ccc(/C=C/c2nc(C)c(OC(C)=O)c3c2COC(C)(C)OC3)cc1OC. The number of aryl methyl sites for hydroxylation is 1. The Morgan fingerprint density at radius 3 is 2.37 bits per heavy atom. The summed E-state index contributed by atoms with van der Waals surface area (Å²) in [5.74, 6) is 0.578. The molecule has 2 heterocycles. The molecule has 7 heteroatoms. The third-order valence-corrected chi connectivity index (χ3v) is 4.78. The number of aromatic nitrogens is 1. The lowest BCUT2D eigenvalue weighted by molar-refractivity contribution is -0.219. The lowest BCUT2D eigenvalue weighted by Gasteiger charge is -2.22. The number of ether oxygens (including phenoxy) is 5. The van der Waals surface area contributed by atoms with E-state index in [0.717, 1.165) is 22.4 Å². The van der Waals surface area contributed by atoms with Gasteiger partial charge in [-0.3, -0.25) is 4.79 Å². The average molecular weight is 413 g/mol. The van der Waals surface area contributed by atoms with E-state index in [-0.39, 0.29) is 13.2 Å². The molecule has 30 heavy (non-hydrogen) atoms. The maximum atomic E-state index is 11.6. The van der Waals surface area contributed by atoms with Gasteiger partial charge in [-0.15, -0.1) is 0 Å². The Kier molecular flexibility index (Phi) is 6.43. The molecule has 0 saturated carbocycles. The first-order valence-corrected chi connectivity index (χ1v) is 9.63. The first-order valence-electron chi connectivity index (χ1n) is 9.63. The van der Waals surface area contributed by atoms with E-state index in [1.165, 1.54) is 6.92 Å². The molecular formula is C23H27NO6. The fourth-order valence-corrected chi connectivity index (χ4v) is 3.20. The van der Waals surface area contributed by atoms with E-state index in [2.05, 4.69) is 4.98 Å². The van der Waals surface area contributed by atoms with Crippen LogP contribution in [0.1, 0.15) is 48.8 Å². The van der Waals surface area contributed by atoms with Gasteiger partial charge < -0.3 is 23.7 Å². The van der Waals surface area contributed by atoms with E-state index >= 15 is 0 Å². The Morgan fingerprint density at radius 1 is 1.07 bits per heavy atom. The van der Waals surface area contributed by atoms with Gasteiger partial charge in [0.15, 0.2) is 23.0 Å². The van der Waals surface area contributed by atoms with Crippen molar-refractivity contribution in [3.8, 4) is 17.2 Å². The standard InChI is InChI=1S/C23H27NO6/c1-14-22(30-15(2)25)18-13-29-23(3,4)28-12-17(18)19(24-14)9-7-16-8-10-20(26-5)21(11-16)27-6/h7-11H,12-13H2,1-6H3/b9-7+. The van der Waals surface area contributed by atoms with E-state index in [1.807, 2.05) is 51.1 Å². The van der Waals surface area contributed by atoms with Crippen molar-refractivity contribution in [2.75, 3.05) is 14.2 Å². The molecule has 3 rings (SSSR count). The lowest BCUT2D eigenvalue weighted by Crippen LogP contribution is -2.25. The largest absolute Gasteiger partial charge is 0.493 e. The molecule has 0 amide bonds. The van der Waals surface area contributed by atoms with Crippen molar-refractivity contribution in [1.29, 1.82) is 0 Å². The number of benzene rings is 1. The summed E-state index contributed by atoms with van der Waals surface area (Å²) in [4.78, 5) is 16.3. The first kappa shape index (κ1) is 21.8. The van der Waals surface area contributed by atoms with Crippen molar-refractivity contribution >= 4 is 18.1 Å². The van der Waals surface area contributed by atoms with E-state index in [9.17, 15) is 4.79 Å². The van der Waals surface area contributed by atoms with E-state index < -0.39 is 11.8 Å². The Balaban J connectivity index is 2.04. The minimum atomic E-state index is -0.759. The van der Waals surface area contributed by atoms with Crippen LogP contribution in [0.5, 0.6) is 17.2 Å². The molecule has 0 radical (unpaired) electrons. The van der Waals surface area contributed by atoms with Crippen LogP contribution in [0, 0.1) is 6.92 Å². The van der Waals surface area contributed by atoms with Gasteiger partial charge in [0.2, 0.25) is 0 Å². The zero-order chi connectivity index (χ0) is 21.9. The summed E-state index contributed by atoms with van der Waals surface area (Å²) in [7, 11) is 3.20. The molecule has 0 saturated heterocycles. The van der Waals surface area contributed by atoms with Gasteiger partial charge in [-0.25, -0.2) is 4.98 Å².